The Kier molecular flexibility index (Phi) is 5.34. The van der Waals surface area contributed by atoms with E-state index in [-0.39, 0.29) is 4.90 Å². The Morgan fingerprint density at radius 1 is 1.16 bits per heavy atom. The van der Waals surface area contributed by atoms with Crippen molar-refractivity contribution in [1.82, 2.24) is 9.73 Å². The van der Waals surface area contributed by atoms with Gasteiger partial charge in [0.1, 0.15) is 0 Å². The van der Waals surface area contributed by atoms with Crippen molar-refractivity contribution in [2.24, 2.45) is 5.10 Å². The van der Waals surface area contributed by atoms with E-state index in [1.807, 2.05) is 13.0 Å². The molecule has 1 fully saturated rings. The maximum atomic E-state index is 12.7. The van der Waals surface area contributed by atoms with Crippen molar-refractivity contribution in [1.29, 1.82) is 0 Å². The van der Waals surface area contributed by atoms with Crippen LogP contribution in [0.1, 0.15) is 49.4 Å². The first-order valence-electron chi connectivity index (χ1n) is 8.61. The zero-order valence-electron chi connectivity index (χ0n) is 14.4. The van der Waals surface area contributed by atoms with E-state index >= 15 is 0 Å². The maximum Gasteiger partial charge on any atom is 0.271 e. The Hall–Kier alpha value is -1.99. The molecule has 1 N–H and O–H groups in total. The quantitative estimate of drug-likeness (QED) is 0.838. The Morgan fingerprint density at radius 2 is 1.92 bits per heavy atom. The summed E-state index contributed by atoms with van der Waals surface area (Å²) in [7, 11) is -3.55. The molecule has 1 aliphatic carbocycles. The summed E-state index contributed by atoms with van der Waals surface area (Å²) in [6.07, 6.45) is 6.54. The Morgan fingerprint density at radius 3 is 2.60 bits per heavy atom. The Balaban J connectivity index is 1.75. The fraction of sp³-hybridized carbons (Fsp3) is 0.444. The summed E-state index contributed by atoms with van der Waals surface area (Å²) in [5, 5.41) is 4.11. The third-order valence-corrected chi connectivity index (χ3v) is 6.43. The molecular formula is C18H23N3O3S. The number of carbonyl (C=O) groups excluding carboxylic acids is 1. The summed E-state index contributed by atoms with van der Waals surface area (Å²) < 4.78 is 26.9. The summed E-state index contributed by atoms with van der Waals surface area (Å²) in [6.45, 7) is 3.11. The molecule has 0 saturated carbocycles. The molecule has 1 amide bonds. The van der Waals surface area contributed by atoms with Crippen LogP contribution in [0.4, 0.5) is 0 Å². The van der Waals surface area contributed by atoms with Crippen LogP contribution in [0, 0.1) is 0 Å². The number of amides is 1. The van der Waals surface area contributed by atoms with Gasteiger partial charge in [0.2, 0.25) is 10.0 Å². The van der Waals surface area contributed by atoms with Crippen LogP contribution in [0.5, 0.6) is 0 Å². The molecule has 134 valence electrons. The molecular weight excluding hydrogens is 338 g/mol. The zero-order valence-corrected chi connectivity index (χ0v) is 15.2. The number of sulfonamides is 1. The highest BCUT2D eigenvalue weighted by atomic mass is 32.2. The van der Waals surface area contributed by atoms with Crippen LogP contribution in [0.3, 0.4) is 0 Å². The molecule has 6 nitrogen and oxygen atoms in total. The van der Waals surface area contributed by atoms with Crippen LogP contribution in [0.2, 0.25) is 0 Å². The molecule has 25 heavy (non-hydrogen) atoms. The number of piperidine rings is 1. The van der Waals surface area contributed by atoms with Crippen molar-refractivity contribution in [2.75, 3.05) is 13.1 Å². The van der Waals surface area contributed by atoms with Crippen LogP contribution in [0.15, 0.2) is 45.9 Å². The molecule has 0 bridgehead atoms. The monoisotopic (exact) mass is 361 g/mol. The van der Waals surface area contributed by atoms with E-state index in [1.165, 1.54) is 22.0 Å². The molecule has 0 radical (unpaired) electrons. The molecule has 0 aromatic heterocycles. The smallest absolute Gasteiger partial charge is 0.267 e. The van der Waals surface area contributed by atoms with Gasteiger partial charge in [-0.3, -0.25) is 4.79 Å². The van der Waals surface area contributed by atoms with Crippen molar-refractivity contribution in [3.8, 4) is 0 Å². The summed E-state index contributed by atoms with van der Waals surface area (Å²) in [5.41, 5.74) is 4.88. The second kappa shape index (κ2) is 7.49. The highest BCUT2D eigenvalue weighted by Crippen LogP contribution is 2.21. The molecule has 1 aromatic carbocycles. The van der Waals surface area contributed by atoms with Crippen LogP contribution in [-0.4, -0.2) is 37.4 Å². The molecule has 1 saturated heterocycles. The highest BCUT2D eigenvalue weighted by molar-refractivity contribution is 7.89. The first kappa shape index (κ1) is 17.8. The topological polar surface area (TPSA) is 78.8 Å². The zero-order chi connectivity index (χ0) is 17.9. The van der Waals surface area contributed by atoms with Crippen molar-refractivity contribution in [2.45, 2.75) is 43.9 Å². The maximum absolute atomic E-state index is 12.7. The van der Waals surface area contributed by atoms with E-state index in [0.717, 1.165) is 37.8 Å². The van der Waals surface area contributed by atoms with Gasteiger partial charge < -0.3 is 0 Å². The third kappa shape index (κ3) is 4.16. The standard InChI is InChI=1S/C18H23N3O3S/c1-14-8-9-16(12-14)19-20-18(22)15-6-5-7-17(13-15)25(23,24)21-10-3-2-4-11-21/h5-7,12-13H,2-4,8-11H2,1H3,(H,20,22)/b19-16-. The normalized spacial score (nSPS) is 20.5. The lowest BCUT2D eigenvalue weighted by molar-refractivity contribution is 0.0954. The lowest BCUT2D eigenvalue weighted by atomic mass is 10.2. The van der Waals surface area contributed by atoms with Crippen LogP contribution in [-0.2, 0) is 10.0 Å². The number of benzene rings is 1. The van der Waals surface area contributed by atoms with Gasteiger partial charge in [-0.2, -0.15) is 9.41 Å². The highest BCUT2D eigenvalue weighted by Gasteiger charge is 2.26. The van der Waals surface area contributed by atoms with E-state index < -0.39 is 15.9 Å². The number of carbonyl (C=O) groups is 1. The predicted octanol–water partition coefficient (Wildman–Crippen LogP) is 2.69. The van der Waals surface area contributed by atoms with Crippen molar-refractivity contribution in [3.05, 3.63) is 41.5 Å². The van der Waals surface area contributed by atoms with Crippen LogP contribution in [0.25, 0.3) is 0 Å². The molecule has 7 heteroatoms. The molecule has 1 aromatic rings. The summed E-state index contributed by atoms with van der Waals surface area (Å²) in [6, 6.07) is 6.16. The van der Waals surface area contributed by atoms with Gasteiger partial charge >= 0.3 is 0 Å². The summed E-state index contributed by atoms with van der Waals surface area (Å²) in [5.74, 6) is -0.402. The minimum absolute atomic E-state index is 0.159. The van der Waals surface area contributed by atoms with Gasteiger partial charge in [-0.15, -0.1) is 0 Å². The van der Waals surface area contributed by atoms with E-state index in [4.69, 9.17) is 0 Å². The molecule has 2 aliphatic rings. The van der Waals surface area contributed by atoms with Crippen molar-refractivity contribution < 1.29 is 13.2 Å². The van der Waals surface area contributed by atoms with Crippen molar-refractivity contribution >= 4 is 21.6 Å². The Bertz CT molecular complexity index is 822. The largest absolute Gasteiger partial charge is 0.271 e. The number of allylic oxidation sites excluding steroid dienone is 2. The average Bonchev–Trinajstić information content (AvgIpc) is 3.06. The first-order valence-corrected chi connectivity index (χ1v) is 10.0. The second-order valence-electron chi connectivity index (χ2n) is 6.53. The molecule has 1 heterocycles. The summed E-state index contributed by atoms with van der Waals surface area (Å²) in [4.78, 5) is 12.4. The number of nitrogens with zero attached hydrogens (tertiary/aromatic N) is 2. The van der Waals surface area contributed by atoms with Gasteiger partial charge in [-0.25, -0.2) is 13.8 Å². The second-order valence-corrected chi connectivity index (χ2v) is 8.47. The number of hydrazone groups is 1. The minimum Gasteiger partial charge on any atom is -0.267 e. The predicted molar refractivity (Wildman–Crippen MR) is 96.9 cm³/mol. The van der Waals surface area contributed by atoms with E-state index in [0.29, 0.717) is 18.7 Å². The molecule has 0 unspecified atom stereocenters. The molecule has 0 atom stereocenters. The minimum atomic E-state index is -3.55. The van der Waals surface area contributed by atoms with Gasteiger partial charge in [0.05, 0.1) is 10.6 Å². The summed E-state index contributed by atoms with van der Waals surface area (Å²) >= 11 is 0. The SMILES string of the molecule is CC1=C/C(=N\NC(=O)c2cccc(S(=O)(=O)N3CCCCC3)c2)CC1. The third-order valence-electron chi connectivity index (χ3n) is 4.54. The van der Waals surface area contributed by atoms with Gasteiger partial charge in [-0.1, -0.05) is 18.1 Å². The molecule has 0 spiro atoms. The van der Waals surface area contributed by atoms with E-state index in [9.17, 15) is 13.2 Å². The number of rotatable bonds is 4. The van der Waals surface area contributed by atoms with Crippen LogP contribution < -0.4 is 5.43 Å². The van der Waals surface area contributed by atoms with Gasteiger partial charge in [0.25, 0.3) is 5.91 Å². The number of nitrogens with one attached hydrogen (secondary N) is 1. The van der Waals surface area contributed by atoms with E-state index in [1.54, 1.807) is 12.1 Å². The fourth-order valence-electron chi connectivity index (χ4n) is 3.08. The Labute approximate surface area is 148 Å². The average molecular weight is 361 g/mol. The lowest BCUT2D eigenvalue weighted by Crippen LogP contribution is -2.35. The lowest BCUT2D eigenvalue weighted by Gasteiger charge is -2.25. The molecule has 3 rings (SSSR count). The van der Waals surface area contributed by atoms with Crippen molar-refractivity contribution in [3.63, 3.8) is 0 Å². The van der Waals surface area contributed by atoms with E-state index in [2.05, 4.69) is 10.5 Å². The van der Waals surface area contributed by atoms with Crippen LogP contribution >= 0.6 is 0 Å². The number of hydrogen-bond acceptors (Lipinski definition) is 4. The fourth-order valence-corrected chi connectivity index (χ4v) is 4.64. The van der Waals surface area contributed by atoms with Gasteiger partial charge in [0.15, 0.2) is 0 Å². The number of hydrogen-bond donors (Lipinski definition) is 1. The van der Waals surface area contributed by atoms with Gasteiger partial charge in [0, 0.05) is 18.7 Å². The molecule has 1 aliphatic heterocycles. The first-order chi connectivity index (χ1) is 12.0. The van der Waals surface area contributed by atoms with Gasteiger partial charge in [-0.05, 0) is 56.9 Å².